The number of hydrogen-bond donors (Lipinski definition) is 2. The molecule has 1 aromatic carbocycles. The van der Waals surface area contributed by atoms with Crippen LogP contribution in [-0.2, 0) is 13.1 Å². The molecule has 0 bridgehead atoms. The number of likely N-dealkylation sites (tertiary alicyclic amines) is 1. The predicted octanol–water partition coefficient (Wildman–Crippen LogP) is 2.39. The summed E-state index contributed by atoms with van der Waals surface area (Å²) in [6, 6.07) is 6.56. The highest BCUT2D eigenvalue weighted by Gasteiger charge is 2.29. The maximum atomic E-state index is 13.1. The van der Waals surface area contributed by atoms with Crippen molar-refractivity contribution in [3.8, 4) is 11.3 Å². The summed E-state index contributed by atoms with van der Waals surface area (Å²) in [7, 11) is 0. The second kappa shape index (κ2) is 6.73. The van der Waals surface area contributed by atoms with E-state index < -0.39 is 0 Å². The van der Waals surface area contributed by atoms with Crippen molar-refractivity contribution in [2.45, 2.75) is 32.0 Å². The third kappa shape index (κ3) is 3.31. The van der Waals surface area contributed by atoms with Gasteiger partial charge in [-0.05, 0) is 49.2 Å². The Morgan fingerprint density at radius 1 is 1.32 bits per heavy atom. The molecular weight excluding hydrogens is 323 g/mol. The van der Waals surface area contributed by atoms with E-state index in [1.807, 2.05) is 0 Å². The van der Waals surface area contributed by atoms with Crippen LogP contribution in [0.1, 0.15) is 36.4 Å². The van der Waals surface area contributed by atoms with Crippen LogP contribution in [0.2, 0.25) is 0 Å². The summed E-state index contributed by atoms with van der Waals surface area (Å²) in [4.78, 5) is 14.4. The number of imidazole rings is 1. The molecule has 0 amide bonds. The molecule has 130 valence electrons. The molecule has 1 saturated heterocycles. The van der Waals surface area contributed by atoms with Crippen molar-refractivity contribution in [3.05, 3.63) is 53.8 Å². The lowest BCUT2D eigenvalue weighted by Crippen LogP contribution is -2.24. The summed E-state index contributed by atoms with van der Waals surface area (Å²) in [5, 5.41) is 3.97. The van der Waals surface area contributed by atoms with Crippen LogP contribution in [-0.4, -0.2) is 31.6 Å². The van der Waals surface area contributed by atoms with Gasteiger partial charge in [0.1, 0.15) is 11.6 Å². The normalized spacial score (nSPS) is 18.1. The third-order valence-electron chi connectivity index (χ3n) is 4.46. The fourth-order valence-electron chi connectivity index (χ4n) is 3.23. The molecule has 3 N–H and O–H groups in total. The number of benzene rings is 1. The molecular formula is C17H19FN6O. The zero-order valence-corrected chi connectivity index (χ0v) is 13.7. The summed E-state index contributed by atoms with van der Waals surface area (Å²) in [5.41, 5.74) is 7.30. The van der Waals surface area contributed by atoms with Crippen LogP contribution in [0.5, 0.6) is 0 Å². The summed E-state index contributed by atoms with van der Waals surface area (Å²) >= 11 is 0. The second-order valence-electron chi connectivity index (χ2n) is 6.13. The van der Waals surface area contributed by atoms with Gasteiger partial charge >= 0.3 is 0 Å². The Kier molecular flexibility index (Phi) is 4.29. The Hall–Kier alpha value is -2.58. The lowest BCUT2D eigenvalue weighted by molar-refractivity contribution is 0.231. The van der Waals surface area contributed by atoms with E-state index >= 15 is 0 Å². The van der Waals surface area contributed by atoms with Crippen LogP contribution in [0.4, 0.5) is 4.39 Å². The maximum absolute atomic E-state index is 13.1. The number of halogens is 1. The van der Waals surface area contributed by atoms with E-state index in [-0.39, 0.29) is 18.4 Å². The summed E-state index contributed by atoms with van der Waals surface area (Å²) in [5.74, 6) is 1.74. The zero-order valence-electron chi connectivity index (χ0n) is 13.7. The molecule has 2 aromatic heterocycles. The van der Waals surface area contributed by atoms with Crippen molar-refractivity contribution in [2.75, 3.05) is 6.54 Å². The first-order chi connectivity index (χ1) is 12.2. The van der Waals surface area contributed by atoms with Crippen LogP contribution in [0.15, 0.2) is 35.0 Å². The highest BCUT2D eigenvalue weighted by atomic mass is 19.1. The van der Waals surface area contributed by atoms with Crippen molar-refractivity contribution in [2.24, 2.45) is 5.73 Å². The molecule has 0 aliphatic carbocycles. The molecule has 1 unspecified atom stereocenters. The first-order valence-corrected chi connectivity index (χ1v) is 8.29. The van der Waals surface area contributed by atoms with Gasteiger partial charge < -0.3 is 15.2 Å². The summed E-state index contributed by atoms with van der Waals surface area (Å²) in [6.07, 6.45) is 3.89. The van der Waals surface area contributed by atoms with E-state index in [1.165, 1.54) is 12.1 Å². The van der Waals surface area contributed by atoms with Gasteiger partial charge in [-0.2, -0.15) is 4.98 Å². The monoisotopic (exact) mass is 342 g/mol. The number of rotatable bonds is 5. The minimum Gasteiger partial charge on any atom is -0.341 e. The quantitative estimate of drug-likeness (QED) is 0.739. The largest absolute Gasteiger partial charge is 0.341 e. The van der Waals surface area contributed by atoms with E-state index in [9.17, 15) is 4.39 Å². The minimum absolute atomic E-state index is 0.175. The molecule has 0 saturated carbocycles. The van der Waals surface area contributed by atoms with Crippen LogP contribution in [0.3, 0.4) is 0 Å². The summed E-state index contributed by atoms with van der Waals surface area (Å²) in [6.45, 7) is 1.79. The number of aromatic amines is 1. The zero-order chi connectivity index (χ0) is 17.2. The Bertz CT molecular complexity index is 843. The highest BCUT2D eigenvalue weighted by molar-refractivity contribution is 5.58. The van der Waals surface area contributed by atoms with Gasteiger partial charge in [-0.3, -0.25) is 4.90 Å². The Morgan fingerprint density at radius 3 is 2.92 bits per heavy atom. The van der Waals surface area contributed by atoms with Crippen LogP contribution in [0.25, 0.3) is 11.3 Å². The molecule has 1 atom stereocenters. The molecule has 0 spiro atoms. The lowest BCUT2D eigenvalue weighted by atomic mass is 10.2. The number of aromatic nitrogens is 4. The highest BCUT2D eigenvalue weighted by Crippen LogP contribution is 2.32. The smallest absolute Gasteiger partial charge is 0.240 e. The van der Waals surface area contributed by atoms with Crippen molar-refractivity contribution in [3.63, 3.8) is 0 Å². The number of nitrogens with two attached hydrogens (primary N) is 1. The molecule has 3 aromatic rings. The Morgan fingerprint density at radius 2 is 2.16 bits per heavy atom. The van der Waals surface area contributed by atoms with E-state index in [4.69, 9.17) is 10.3 Å². The van der Waals surface area contributed by atoms with E-state index in [1.54, 1.807) is 18.3 Å². The predicted molar refractivity (Wildman–Crippen MR) is 88.6 cm³/mol. The van der Waals surface area contributed by atoms with Gasteiger partial charge in [0, 0.05) is 0 Å². The first kappa shape index (κ1) is 15.9. The average Bonchev–Trinajstić information content (AvgIpc) is 3.36. The van der Waals surface area contributed by atoms with Gasteiger partial charge in [-0.25, -0.2) is 9.37 Å². The number of nitrogens with one attached hydrogen (secondary N) is 1. The molecule has 3 heterocycles. The second-order valence-corrected chi connectivity index (χ2v) is 6.13. The fraction of sp³-hybridized carbons (Fsp3) is 0.353. The molecule has 25 heavy (non-hydrogen) atoms. The van der Waals surface area contributed by atoms with Crippen molar-refractivity contribution in [1.29, 1.82) is 0 Å². The summed E-state index contributed by atoms with van der Waals surface area (Å²) < 4.78 is 18.1. The van der Waals surface area contributed by atoms with Crippen molar-refractivity contribution >= 4 is 0 Å². The van der Waals surface area contributed by atoms with Gasteiger partial charge in [-0.15, -0.1) is 0 Å². The fourth-order valence-corrected chi connectivity index (χ4v) is 3.23. The molecule has 1 fully saturated rings. The van der Waals surface area contributed by atoms with Gasteiger partial charge in [0.25, 0.3) is 0 Å². The van der Waals surface area contributed by atoms with Gasteiger partial charge in [0.05, 0.1) is 31.0 Å². The Labute approximate surface area is 144 Å². The molecule has 1 aliphatic heterocycles. The molecule has 1 aliphatic rings. The number of nitrogens with zero attached hydrogens (tertiary/aromatic N) is 4. The van der Waals surface area contributed by atoms with E-state index in [0.29, 0.717) is 18.3 Å². The third-order valence-corrected chi connectivity index (χ3v) is 4.46. The average molecular weight is 342 g/mol. The van der Waals surface area contributed by atoms with Crippen LogP contribution in [0, 0.1) is 5.82 Å². The molecule has 4 rings (SSSR count). The molecule has 8 heteroatoms. The van der Waals surface area contributed by atoms with Crippen LogP contribution < -0.4 is 5.73 Å². The van der Waals surface area contributed by atoms with Crippen LogP contribution >= 0.6 is 0 Å². The van der Waals surface area contributed by atoms with Crippen molar-refractivity contribution < 1.29 is 8.91 Å². The Balaban J connectivity index is 1.51. The first-order valence-electron chi connectivity index (χ1n) is 8.29. The molecule has 0 radical (unpaired) electrons. The van der Waals surface area contributed by atoms with Gasteiger partial charge in [0.2, 0.25) is 5.89 Å². The van der Waals surface area contributed by atoms with Gasteiger partial charge in [-0.1, -0.05) is 5.16 Å². The number of hydrogen-bond acceptors (Lipinski definition) is 6. The SMILES string of the molecule is NCc1nc(CN2CCCC2c2ncc(-c3ccc(F)cc3)[nH]2)no1. The number of H-pyrrole nitrogens is 1. The van der Waals surface area contributed by atoms with E-state index in [2.05, 4.69) is 25.0 Å². The molecule has 7 nitrogen and oxygen atoms in total. The lowest BCUT2D eigenvalue weighted by Gasteiger charge is -2.20. The van der Waals surface area contributed by atoms with Gasteiger partial charge in [0.15, 0.2) is 5.82 Å². The minimum atomic E-state index is -0.248. The topological polar surface area (TPSA) is 96.9 Å². The van der Waals surface area contributed by atoms with Crippen molar-refractivity contribution in [1.82, 2.24) is 25.0 Å². The standard InChI is InChI=1S/C17H19FN6O/c18-12-5-3-11(4-6-12)13-9-20-17(21-13)14-2-1-7-24(14)10-15-22-16(8-19)25-23-15/h3-6,9,14H,1-2,7-8,10,19H2,(H,20,21). The van der Waals surface area contributed by atoms with E-state index in [0.717, 1.165) is 36.5 Å². The maximum Gasteiger partial charge on any atom is 0.240 e.